The molecular weight excluding hydrogens is 418 g/mol. The van der Waals surface area contributed by atoms with E-state index in [0.29, 0.717) is 30.2 Å². The second kappa shape index (κ2) is 10.3. The Balaban J connectivity index is 1.63. The van der Waals surface area contributed by atoms with Gasteiger partial charge in [-0.25, -0.2) is 4.79 Å². The first-order chi connectivity index (χ1) is 16.1. The van der Waals surface area contributed by atoms with E-state index in [1.807, 2.05) is 28.8 Å². The van der Waals surface area contributed by atoms with Crippen LogP contribution in [0, 0.1) is 0 Å². The number of hydrogen-bond donors (Lipinski definition) is 0. The van der Waals surface area contributed by atoms with Gasteiger partial charge in [0, 0.05) is 32.4 Å². The van der Waals surface area contributed by atoms with Crippen LogP contribution in [0.2, 0.25) is 0 Å². The van der Waals surface area contributed by atoms with E-state index in [9.17, 15) is 9.59 Å². The number of benzene rings is 1. The molecule has 0 amide bonds. The van der Waals surface area contributed by atoms with Crippen molar-refractivity contribution < 1.29 is 4.74 Å². The third-order valence-electron chi connectivity index (χ3n) is 6.59. The van der Waals surface area contributed by atoms with Crippen molar-refractivity contribution in [1.82, 2.24) is 18.7 Å². The zero-order chi connectivity index (χ0) is 23.4. The first-order valence-corrected chi connectivity index (χ1v) is 12.2. The highest BCUT2D eigenvalue weighted by atomic mass is 16.5. The molecule has 0 spiro atoms. The summed E-state index contributed by atoms with van der Waals surface area (Å²) in [7, 11) is 3.36. The summed E-state index contributed by atoms with van der Waals surface area (Å²) in [4.78, 5) is 33.3. The predicted molar refractivity (Wildman–Crippen MR) is 132 cm³/mol. The zero-order valence-corrected chi connectivity index (χ0v) is 20.0. The fourth-order valence-electron chi connectivity index (χ4n) is 4.70. The van der Waals surface area contributed by atoms with Crippen LogP contribution < -0.4 is 20.9 Å². The minimum Gasteiger partial charge on any atom is -0.497 e. The molecule has 8 heteroatoms. The number of fused-ring (bicyclic) bond motifs is 3. The predicted octanol–water partition coefficient (Wildman–Crippen LogP) is 4.20. The van der Waals surface area contributed by atoms with Crippen molar-refractivity contribution >= 4 is 22.8 Å². The lowest BCUT2D eigenvalue weighted by Crippen LogP contribution is -2.40. The summed E-state index contributed by atoms with van der Waals surface area (Å²) in [5, 5.41) is 0. The highest BCUT2D eigenvalue weighted by Gasteiger charge is 2.26. The monoisotopic (exact) mass is 453 g/mol. The molecule has 33 heavy (non-hydrogen) atoms. The average molecular weight is 454 g/mol. The van der Waals surface area contributed by atoms with Crippen LogP contribution in [-0.2, 0) is 20.1 Å². The fourth-order valence-corrected chi connectivity index (χ4v) is 4.70. The Morgan fingerprint density at radius 1 is 0.970 bits per heavy atom. The lowest BCUT2D eigenvalue weighted by Gasteiger charge is -2.29. The topological polar surface area (TPSA) is 74.3 Å². The summed E-state index contributed by atoms with van der Waals surface area (Å²) in [6, 6.07) is 7.82. The minimum absolute atomic E-state index is 0.227. The van der Waals surface area contributed by atoms with E-state index in [2.05, 4.69) is 11.8 Å². The molecule has 4 rings (SSSR count). The van der Waals surface area contributed by atoms with Gasteiger partial charge in [0.15, 0.2) is 11.2 Å². The Morgan fingerprint density at radius 2 is 1.67 bits per heavy atom. The molecule has 2 aromatic heterocycles. The third-order valence-corrected chi connectivity index (χ3v) is 6.59. The first kappa shape index (κ1) is 23.1. The Hall–Kier alpha value is -3.03. The highest BCUT2D eigenvalue weighted by molar-refractivity contribution is 5.77. The summed E-state index contributed by atoms with van der Waals surface area (Å²) in [5.41, 5.74) is 1.45. The summed E-state index contributed by atoms with van der Waals surface area (Å²) in [5.74, 6) is 1.50. The van der Waals surface area contributed by atoms with E-state index in [0.717, 1.165) is 43.7 Å². The highest BCUT2D eigenvalue weighted by Crippen LogP contribution is 2.31. The number of imidazole rings is 1. The van der Waals surface area contributed by atoms with Crippen LogP contribution >= 0.6 is 0 Å². The molecule has 1 aliphatic rings. The van der Waals surface area contributed by atoms with E-state index in [1.54, 1.807) is 14.2 Å². The van der Waals surface area contributed by atoms with Crippen LogP contribution in [0.5, 0.6) is 5.75 Å². The molecule has 0 N–H and O–H groups in total. The van der Waals surface area contributed by atoms with Crippen molar-refractivity contribution in [1.29, 1.82) is 0 Å². The molecule has 1 aliphatic heterocycles. The molecule has 3 aromatic rings. The largest absolute Gasteiger partial charge is 0.497 e. The average Bonchev–Trinajstić information content (AvgIpc) is 3.24. The van der Waals surface area contributed by atoms with E-state index < -0.39 is 0 Å². The lowest BCUT2D eigenvalue weighted by molar-refractivity contribution is 0.415. The van der Waals surface area contributed by atoms with Gasteiger partial charge in [-0.3, -0.25) is 13.9 Å². The summed E-state index contributed by atoms with van der Waals surface area (Å²) in [6.45, 7) is 4.18. The molecule has 0 aliphatic carbocycles. The first-order valence-electron chi connectivity index (χ1n) is 12.2. The number of unbranched alkanes of at least 4 members (excludes halogenated alkanes) is 6. The summed E-state index contributed by atoms with van der Waals surface area (Å²) in [6.07, 6.45) is 8.90. The smallest absolute Gasteiger partial charge is 0.332 e. The minimum atomic E-state index is -0.287. The van der Waals surface area contributed by atoms with E-state index in [-0.39, 0.29) is 11.2 Å². The number of rotatable bonds is 10. The van der Waals surface area contributed by atoms with E-state index in [4.69, 9.17) is 9.72 Å². The maximum Gasteiger partial charge on any atom is 0.332 e. The number of aryl methyl sites for hydroxylation is 2. The zero-order valence-electron chi connectivity index (χ0n) is 20.0. The van der Waals surface area contributed by atoms with E-state index >= 15 is 0 Å². The van der Waals surface area contributed by atoms with Crippen molar-refractivity contribution in [3.63, 3.8) is 0 Å². The quantitative estimate of drug-likeness (QED) is 0.430. The van der Waals surface area contributed by atoms with Crippen LogP contribution in [0.25, 0.3) is 11.2 Å². The molecule has 0 bridgehead atoms. The molecule has 0 fully saturated rings. The maximum atomic E-state index is 13.4. The van der Waals surface area contributed by atoms with Gasteiger partial charge < -0.3 is 14.2 Å². The Labute approximate surface area is 194 Å². The standard InChI is InChI=1S/C25H35N5O3/c1-4-5-6-7-8-9-10-16-30-23(31)21-22(27(2)25(30)32)26-24-28(17-11-18-29(21)24)19-12-14-20(33-3)15-13-19/h12-15H,4-11,16-18H2,1-3H3. The number of aromatic nitrogens is 4. The van der Waals surface area contributed by atoms with Gasteiger partial charge >= 0.3 is 5.69 Å². The number of ether oxygens (including phenoxy) is 1. The Morgan fingerprint density at radius 3 is 2.36 bits per heavy atom. The molecule has 0 saturated carbocycles. The molecule has 0 unspecified atom stereocenters. The fraction of sp³-hybridized carbons (Fsp3) is 0.560. The Kier molecular flexibility index (Phi) is 7.20. The van der Waals surface area contributed by atoms with Crippen LogP contribution in [-0.4, -0.2) is 32.3 Å². The van der Waals surface area contributed by atoms with Gasteiger partial charge in [-0.1, -0.05) is 45.4 Å². The lowest BCUT2D eigenvalue weighted by atomic mass is 10.1. The molecule has 0 radical (unpaired) electrons. The van der Waals surface area contributed by atoms with Crippen molar-refractivity contribution in [2.45, 2.75) is 71.4 Å². The van der Waals surface area contributed by atoms with Crippen molar-refractivity contribution in [3.8, 4) is 5.75 Å². The number of nitrogens with zero attached hydrogens (tertiary/aromatic N) is 5. The van der Waals surface area contributed by atoms with Gasteiger partial charge in [-0.15, -0.1) is 0 Å². The molecule has 0 atom stereocenters. The third kappa shape index (κ3) is 4.56. The SMILES string of the molecule is CCCCCCCCCn1c(=O)c2c(nc3n2CCCN3c2ccc(OC)cc2)n(C)c1=O. The maximum absolute atomic E-state index is 13.4. The number of methoxy groups -OCH3 is 1. The van der Waals surface area contributed by atoms with Crippen LogP contribution in [0.15, 0.2) is 33.9 Å². The van der Waals surface area contributed by atoms with Gasteiger partial charge in [0.05, 0.1) is 7.11 Å². The molecule has 3 heterocycles. The number of anilines is 2. The van der Waals surface area contributed by atoms with Gasteiger partial charge in [-0.2, -0.15) is 4.98 Å². The van der Waals surface area contributed by atoms with Crippen LogP contribution in [0.1, 0.15) is 58.3 Å². The van der Waals surface area contributed by atoms with Crippen molar-refractivity contribution in [2.24, 2.45) is 7.05 Å². The van der Waals surface area contributed by atoms with Gasteiger partial charge in [0.2, 0.25) is 5.95 Å². The molecular formula is C25H35N5O3. The van der Waals surface area contributed by atoms with Gasteiger partial charge in [0.1, 0.15) is 5.75 Å². The number of hydrogen-bond acceptors (Lipinski definition) is 5. The second-order valence-corrected chi connectivity index (χ2v) is 8.86. The normalized spacial score (nSPS) is 13.5. The summed E-state index contributed by atoms with van der Waals surface area (Å²) < 4.78 is 10.2. The van der Waals surface area contributed by atoms with Crippen LogP contribution in [0.3, 0.4) is 0 Å². The molecule has 0 saturated heterocycles. The van der Waals surface area contributed by atoms with E-state index in [1.165, 1.54) is 34.8 Å². The Bertz CT molecular complexity index is 1210. The molecule has 1 aromatic carbocycles. The van der Waals surface area contributed by atoms with Gasteiger partial charge in [0.25, 0.3) is 5.56 Å². The van der Waals surface area contributed by atoms with Crippen molar-refractivity contribution in [3.05, 3.63) is 45.1 Å². The van der Waals surface area contributed by atoms with Crippen LogP contribution in [0.4, 0.5) is 11.6 Å². The second-order valence-electron chi connectivity index (χ2n) is 8.86. The van der Waals surface area contributed by atoms with Gasteiger partial charge in [-0.05, 0) is 37.1 Å². The van der Waals surface area contributed by atoms with Crippen molar-refractivity contribution in [2.75, 3.05) is 18.6 Å². The molecule has 178 valence electrons. The molecule has 8 nitrogen and oxygen atoms in total. The summed E-state index contributed by atoms with van der Waals surface area (Å²) >= 11 is 0.